The van der Waals surface area contributed by atoms with Gasteiger partial charge in [-0.25, -0.2) is 0 Å². The lowest BCUT2D eigenvalue weighted by Crippen LogP contribution is -2.02. The fourth-order valence-electron chi connectivity index (χ4n) is 3.90. The monoisotopic (exact) mass is 386 g/mol. The van der Waals surface area contributed by atoms with Crippen LogP contribution in [0.4, 0.5) is 0 Å². The highest BCUT2D eigenvalue weighted by atomic mass is 16.1. The van der Waals surface area contributed by atoms with E-state index in [9.17, 15) is 4.79 Å². The van der Waals surface area contributed by atoms with Crippen LogP contribution in [-0.4, -0.2) is 15.8 Å². The number of rotatable bonds is 4. The second-order valence-corrected chi connectivity index (χ2v) is 6.99. The molecular formula is C27H18N2O. The topological polar surface area (TPSA) is 42.9 Å². The summed E-state index contributed by atoms with van der Waals surface area (Å²) in [5.74, 6) is -0.00583. The van der Waals surface area contributed by atoms with Crippen molar-refractivity contribution in [3.8, 4) is 0 Å². The minimum absolute atomic E-state index is 0.00583. The van der Waals surface area contributed by atoms with Gasteiger partial charge in [0.1, 0.15) is 0 Å². The molecule has 2 aromatic carbocycles. The van der Waals surface area contributed by atoms with Gasteiger partial charge in [-0.3, -0.25) is 14.8 Å². The Kier molecular flexibility index (Phi) is 4.62. The standard InChI is InChI=1S/C27H18N2O/c30-27-23(19-11-3-1-4-12-19)25(21-15-7-9-17-28-21)26(22-16-8-10-18-29-22)24(27)20-13-5-2-6-14-20/h1-18H. The van der Waals surface area contributed by atoms with Gasteiger partial charge in [0.05, 0.1) is 11.4 Å². The molecule has 3 heteroatoms. The molecule has 2 aromatic heterocycles. The maximum Gasteiger partial charge on any atom is 0.195 e. The lowest BCUT2D eigenvalue weighted by atomic mass is 9.94. The number of carbonyl (C=O) groups excluding carboxylic acids is 1. The maximum atomic E-state index is 13.9. The Morgan fingerprint density at radius 2 is 0.833 bits per heavy atom. The summed E-state index contributed by atoms with van der Waals surface area (Å²) < 4.78 is 0. The molecule has 0 N–H and O–H groups in total. The second kappa shape index (κ2) is 7.72. The summed E-state index contributed by atoms with van der Waals surface area (Å²) in [6.45, 7) is 0. The first-order valence-corrected chi connectivity index (χ1v) is 9.82. The van der Waals surface area contributed by atoms with E-state index in [1.807, 2.05) is 97.1 Å². The van der Waals surface area contributed by atoms with Crippen molar-refractivity contribution in [2.45, 2.75) is 0 Å². The van der Waals surface area contributed by atoms with Gasteiger partial charge in [0, 0.05) is 34.7 Å². The van der Waals surface area contributed by atoms with Crippen LogP contribution in [0.1, 0.15) is 22.5 Å². The van der Waals surface area contributed by atoms with E-state index in [0.29, 0.717) is 11.1 Å². The van der Waals surface area contributed by atoms with E-state index in [1.54, 1.807) is 12.4 Å². The molecule has 3 nitrogen and oxygen atoms in total. The molecular weight excluding hydrogens is 368 g/mol. The van der Waals surface area contributed by atoms with Crippen molar-refractivity contribution in [1.82, 2.24) is 9.97 Å². The van der Waals surface area contributed by atoms with Crippen molar-refractivity contribution in [3.63, 3.8) is 0 Å². The first-order valence-electron chi connectivity index (χ1n) is 9.82. The van der Waals surface area contributed by atoms with Crippen LogP contribution < -0.4 is 0 Å². The van der Waals surface area contributed by atoms with Gasteiger partial charge in [-0.2, -0.15) is 0 Å². The zero-order chi connectivity index (χ0) is 20.3. The van der Waals surface area contributed by atoms with Crippen molar-refractivity contribution < 1.29 is 4.79 Å². The minimum Gasteiger partial charge on any atom is -0.289 e. The van der Waals surface area contributed by atoms with Crippen LogP contribution in [0.25, 0.3) is 22.3 Å². The van der Waals surface area contributed by atoms with E-state index in [0.717, 1.165) is 33.7 Å². The summed E-state index contributed by atoms with van der Waals surface area (Å²) in [5.41, 5.74) is 6.24. The highest BCUT2D eigenvalue weighted by Crippen LogP contribution is 2.48. The number of carbonyl (C=O) groups is 1. The summed E-state index contributed by atoms with van der Waals surface area (Å²) in [6, 6.07) is 31.1. The molecule has 0 spiro atoms. The Labute approximate surface area is 175 Å². The number of nitrogens with zero attached hydrogens (tertiary/aromatic N) is 2. The third-order valence-corrected chi connectivity index (χ3v) is 5.17. The summed E-state index contributed by atoms with van der Waals surface area (Å²) in [7, 11) is 0. The van der Waals surface area contributed by atoms with Crippen LogP contribution in [0.5, 0.6) is 0 Å². The van der Waals surface area contributed by atoms with Gasteiger partial charge >= 0.3 is 0 Å². The third kappa shape index (κ3) is 3.07. The number of ketones is 1. The van der Waals surface area contributed by atoms with Crippen LogP contribution in [0.3, 0.4) is 0 Å². The summed E-state index contributed by atoms with van der Waals surface area (Å²) in [6.07, 6.45) is 3.51. The van der Waals surface area contributed by atoms with Crippen LogP contribution in [-0.2, 0) is 4.79 Å². The Morgan fingerprint density at radius 1 is 0.433 bits per heavy atom. The minimum atomic E-state index is -0.00583. The molecule has 0 unspecified atom stereocenters. The Balaban J connectivity index is 1.88. The molecule has 0 radical (unpaired) electrons. The number of allylic oxidation sites excluding steroid dienone is 4. The van der Waals surface area contributed by atoms with Crippen LogP contribution >= 0.6 is 0 Å². The Hall–Kier alpha value is -4.11. The largest absolute Gasteiger partial charge is 0.289 e. The SMILES string of the molecule is O=C1C(c2ccccc2)=C(c2ccccn2)C(c2ccccn2)=C1c1ccccc1. The van der Waals surface area contributed by atoms with Crippen molar-refractivity contribution in [2.75, 3.05) is 0 Å². The number of hydrogen-bond acceptors (Lipinski definition) is 3. The number of aromatic nitrogens is 2. The van der Waals surface area contributed by atoms with E-state index in [2.05, 4.69) is 9.97 Å². The first kappa shape index (κ1) is 18.0. The third-order valence-electron chi connectivity index (χ3n) is 5.17. The van der Waals surface area contributed by atoms with Crippen LogP contribution in [0.2, 0.25) is 0 Å². The first-order chi connectivity index (χ1) is 14.8. The van der Waals surface area contributed by atoms with Gasteiger partial charge in [-0.1, -0.05) is 72.8 Å². The molecule has 0 amide bonds. The van der Waals surface area contributed by atoms with Crippen molar-refractivity contribution in [3.05, 3.63) is 132 Å². The second-order valence-electron chi connectivity index (χ2n) is 6.99. The predicted octanol–water partition coefficient (Wildman–Crippen LogP) is 5.58. The lowest BCUT2D eigenvalue weighted by molar-refractivity contribution is -0.108. The van der Waals surface area contributed by atoms with E-state index in [4.69, 9.17) is 0 Å². The van der Waals surface area contributed by atoms with Gasteiger partial charge in [0.25, 0.3) is 0 Å². The molecule has 0 saturated heterocycles. The van der Waals surface area contributed by atoms with E-state index < -0.39 is 0 Å². The number of benzene rings is 2. The fraction of sp³-hybridized carbons (Fsp3) is 0. The molecule has 4 aromatic rings. The van der Waals surface area contributed by atoms with E-state index >= 15 is 0 Å². The average molecular weight is 386 g/mol. The number of hydrogen-bond donors (Lipinski definition) is 0. The smallest absolute Gasteiger partial charge is 0.195 e. The van der Waals surface area contributed by atoms with Crippen molar-refractivity contribution in [2.24, 2.45) is 0 Å². The molecule has 1 aliphatic rings. The van der Waals surface area contributed by atoms with Gasteiger partial charge in [0.15, 0.2) is 5.78 Å². The zero-order valence-corrected chi connectivity index (χ0v) is 16.2. The zero-order valence-electron chi connectivity index (χ0n) is 16.2. The molecule has 30 heavy (non-hydrogen) atoms. The molecule has 0 aliphatic heterocycles. The molecule has 5 rings (SSSR count). The van der Waals surface area contributed by atoms with Crippen LogP contribution in [0, 0.1) is 0 Å². The molecule has 142 valence electrons. The molecule has 1 aliphatic carbocycles. The van der Waals surface area contributed by atoms with Crippen molar-refractivity contribution in [1.29, 1.82) is 0 Å². The average Bonchev–Trinajstić information content (AvgIpc) is 3.14. The fourth-order valence-corrected chi connectivity index (χ4v) is 3.90. The maximum absolute atomic E-state index is 13.9. The van der Waals surface area contributed by atoms with Crippen LogP contribution in [0.15, 0.2) is 109 Å². The van der Waals surface area contributed by atoms with E-state index in [1.165, 1.54) is 0 Å². The molecule has 0 bridgehead atoms. The quantitative estimate of drug-likeness (QED) is 0.460. The molecule has 0 atom stereocenters. The Morgan fingerprint density at radius 3 is 1.20 bits per heavy atom. The highest BCUT2D eigenvalue weighted by Gasteiger charge is 2.36. The number of pyridine rings is 2. The van der Waals surface area contributed by atoms with Gasteiger partial charge in [0.2, 0.25) is 0 Å². The van der Waals surface area contributed by atoms with Gasteiger partial charge in [-0.05, 0) is 35.4 Å². The van der Waals surface area contributed by atoms with E-state index in [-0.39, 0.29) is 5.78 Å². The Bertz CT molecular complexity index is 1160. The van der Waals surface area contributed by atoms with Gasteiger partial charge < -0.3 is 0 Å². The summed E-state index contributed by atoms with van der Waals surface area (Å²) in [4.78, 5) is 23.1. The highest BCUT2D eigenvalue weighted by molar-refractivity contribution is 6.58. The normalized spacial score (nSPS) is 13.8. The van der Waals surface area contributed by atoms with Gasteiger partial charge in [-0.15, -0.1) is 0 Å². The molecule has 0 saturated carbocycles. The summed E-state index contributed by atoms with van der Waals surface area (Å²) >= 11 is 0. The number of Topliss-reactive ketones (excluding diaryl/α,β-unsaturated/α-hetero) is 1. The lowest BCUT2D eigenvalue weighted by Gasteiger charge is -2.11. The molecule has 0 fully saturated rings. The molecule has 2 heterocycles. The summed E-state index contributed by atoms with van der Waals surface area (Å²) in [5, 5.41) is 0. The van der Waals surface area contributed by atoms with Crippen molar-refractivity contribution >= 4 is 28.1 Å². The predicted molar refractivity (Wildman–Crippen MR) is 120 cm³/mol.